The summed E-state index contributed by atoms with van der Waals surface area (Å²) in [5.74, 6) is -0.166. The highest BCUT2D eigenvalue weighted by molar-refractivity contribution is 5.86. The molecule has 3 N–H and O–H groups in total. The molecule has 2 amide bonds. The van der Waals surface area contributed by atoms with Gasteiger partial charge in [0.15, 0.2) is 0 Å². The third-order valence-electron chi connectivity index (χ3n) is 3.30. The molecule has 0 aliphatic carbocycles. The van der Waals surface area contributed by atoms with Crippen molar-refractivity contribution in [1.29, 1.82) is 0 Å². The highest BCUT2D eigenvalue weighted by Gasteiger charge is 2.39. The highest BCUT2D eigenvalue weighted by atomic mass is 35.5. The number of hydrogen-bond acceptors (Lipinski definition) is 4. The first-order valence-corrected chi connectivity index (χ1v) is 6.84. The number of rotatable bonds is 6. The van der Waals surface area contributed by atoms with Crippen molar-refractivity contribution in [3.8, 4) is 0 Å². The molecule has 0 radical (unpaired) electrons. The van der Waals surface area contributed by atoms with Crippen LogP contribution in [0, 0.1) is 0 Å². The second-order valence-electron chi connectivity index (χ2n) is 5.18. The second kappa shape index (κ2) is 9.15. The summed E-state index contributed by atoms with van der Waals surface area (Å²) in [6, 6.07) is 0.123. The van der Waals surface area contributed by atoms with Crippen LogP contribution in [0.2, 0.25) is 0 Å². The minimum Gasteiger partial charge on any atom is -0.368 e. The predicted octanol–water partition coefficient (Wildman–Crippen LogP) is 0.208. The zero-order valence-electron chi connectivity index (χ0n) is 12.5. The summed E-state index contributed by atoms with van der Waals surface area (Å²) in [5.41, 5.74) is -0.736. The Balaban J connectivity index is 0.00000361. The van der Waals surface area contributed by atoms with Crippen molar-refractivity contribution in [3.05, 3.63) is 0 Å². The molecule has 1 fully saturated rings. The van der Waals surface area contributed by atoms with E-state index in [0.29, 0.717) is 25.8 Å². The molecule has 1 aliphatic rings. The van der Waals surface area contributed by atoms with Gasteiger partial charge in [0.2, 0.25) is 5.91 Å². The average molecular weight is 308 g/mol. The number of halogens is 1. The first-order valence-electron chi connectivity index (χ1n) is 6.84. The number of amides is 2. The fourth-order valence-corrected chi connectivity index (χ4v) is 2.20. The summed E-state index contributed by atoms with van der Waals surface area (Å²) in [6.07, 6.45) is 1.61. The molecular formula is C13H26ClN3O3. The van der Waals surface area contributed by atoms with Gasteiger partial charge in [-0.2, -0.15) is 0 Å². The molecule has 0 bridgehead atoms. The molecule has 0 spiro atoms. The Hall–Kier alpha value is -0.850. The quantitative estimate of drug-likeness (QED) is 0.655. The van der Waals surface area contributed by atoms with Crippen LogP contribution in [-0.2, 0) is 14.3 Å². The van der Waals surface area contributed by atoms with E-state index in [1.807, 2.05) is 13.8 Å². The number of carbonyl (C=O) groups excluding carboxylic acids is 2. The maximum absolute atomic E-state index is 12.2. The Kier molecular flexibility index (Phi) is 8.76. The maximum Gasteiger partial charge on any atom is 0.252 e. The van der Waals surface area contributed by atoms with Crippen molar-refractivity contribution >= 4 is 24.2 Å². The van der Waals surface area contributed by atoms with E-state index in [4.69, 9.17) is 4.74 Å². The van der Waals surface area contributed by atoms with Crippen LogP contribution in [0.4, 0.5) is 0 Å². The van der Waals surface area contributed by atoms with E-state index in [1.54, 1.807) is 7.11 Å². The fourth-order valence-electron chi connectivity index (χ4n) is 2.20. The van der Waals surface area contributed by atoms with E-state index in [9.17, 15) is 9.59 Å². The van der Waals surface area contributed by atoms with Gasteiger partial charge in [-0.25, -0.2) is 0 Å². The summed E-state index contributed by atoms with van der Waals surface area (Å²) < 4.78 is 5.41. The van der Waals surface area contributed by atoms with Gasteiger partial charge >= 0.3 is 0 Å². The lowest BCUT2D eigenvalue weighted by atomic mass is 9.91. The third kappa shape index (κ3) is 5.64. The number of carbonyl (C=O) groups is 2. The molecule has 1 heterocycles. The Bertz CT molecular complexity index is 318. The molecule has 118 valence electrons. The van der Waals surface area contributed by atoms with Gasteiger partial charge in [0, 0.05) is 26.1 Å². The predicted molar refractivity (Wildman–Crippen MR) is 80.0 cm³/mol. The molecule has 0 aromatic rings. The van der Waals surface area contributed by atoms with Crippen LogP contribution in [0.5, 0.6) is 0 Å². The minimum atomic E-state index is -0.736. The van der Waals surface area contributed by atoms with Gasteiger partial charge in [-0.1, -0.05) is 0 Å². The summed E-state index contributed by atoms with van der Waals surface area (Å²) >= 11 is 0. The lowest BCUT2D eigenvalue weighted by Crippen LogP contribution is -2.54. The topological polar surface area (TPSA) is 79.5 Å². The molecule has 0 atom stereocenters. The summed E-state index contributed by atoms with van der Waals surface area (Å²) in [5, 5.41) is 8.78. The van der Waals surface area contributed by atoms with Crippen LogP contribution >= 0.6 is 12.4 Å². The standard InChI is InChI=1S/C13H25N3O3.ClH/c1-10(2)16-11(17)4-7-15-12(18)13(19-3)5-8-14-9-6-13;/h10,14H,4-9H2,1-3H3,(H,15,18)(H,16,17);1H. The van der Waals surface area contributed by atoms with E-state index >= 15 is 0 Å². The molecule has 0 unspecified atom stereocenters. The molecule has 1 saturated heterocycles. The number of nitrogens with one attached hydrogen (secondary N) is 3. The first-order chi connectivity index (χ1) is 9.00. The zero-order chi connectivity index (χ0) is 14.3. The van der Waals surface area contributed by atoms with Gasteiger partial charge in [0.05, 0.1) is 0 Å². The highest BCUT2D eigenvalue weighted by Crippen LogP contribution is 2.22. The van der Waals surface area contributed by atoms with Gasteiger partial charge in [0.25, 0.3) is 5.91 Å². The SMILES string of the molecule is COC1(C(=O)NCCC(=O)NC(C)C)CCNCC1.Cl. The van der Waals surface area contributed by atoms with Crippen LogP contribution in [-0.4, -0.2) is 50.2 Å². The summed E-state index contributed by atoms with van der Waals surface area (Å²) in [4.78, 5) is 23.6. The van der Waals surface area contributed by atoms with E-state index in [0.717, 1.165) is 13.1 Å². The normalized spacial score (nSPS) is 17.2. The molecule has 0 aromatic heterocycles. The smallest absolute Gasteiger partial charge is 0.252 e. The number of piperidine rings is 1. The zero-order valence-corrected chi connectivity index (χ0v) is 13.3. The lowest BCUT2D eigenvalue weighted by Gasteiger charge is -2.34. The van der Waals surface area contributed by atoms with Gasteiger partial charge in [0.1, 0.15) is 5.60 Å². The Morgan fingerprint density at radius 3 is 2.40 bits per heavy atom. The van der Waals surface area contributed by atoms with Crippen LogP contribution in [0.3, 0.4) is 0 Å². The summed E-state index contributed by atoms with van der Waals surface area (Å²) in [6.45, 7) is 5.71. The maximum atomic E-state index is 12.2. The van der Waals surface area contributed by atoms with Gasteiger partial charge in [-0.3, -0.25) is 9.59 Å². The number of ether oxygens (including phenoxy) is 1. The molecule has 1 rings (SSSR count). The van der Waals surface area contributed by atoms with Crippen LogP contribution in [0.1, 0.15) is 33.1 Å². The van der Waals surface area contributed by atoms with E-state index in [1.165, 1.54) is 0 Å². The van der Waals surface area contributed by atoms with Crippen LogP contribution < -0.4 is 16.0 Å². The number of hydrogen-bond donors (Lipinski definition) is 3. The largest absolute Gasteiger partial charge is 0.368 e. The molecule has 1 aliphatic heterocycles. The first kappa shape index (κ1) is 19.1. The molecule has 0 saturated carbocycles. The molecule has 20 heavy (non-hydrogen) atoms. The van der Waals surface area contributed by atoms with Gasteiger partial charge in [-0.15, -0.1) is 12.4 Å². The van der Waals surface area contributed by atoms with Gasteiger partial charge < -0.3 is 20.7 Å². The summed E-state index contributed by atoms with van der Waals surface area (Å²) in [7, 11) is 1.57. The van der Waals surface area contributed by atoms with Crippen molar-refractivity contribution in [2.24, 2.45) is 0 Å². The Labute approximate surface area is 126 Å². The van der Waals surface area contributed by atoms with Crippen LogP contribution in [0.15, 0.2) is 0 Å². The Morgan fingerprint density at radius 1 is 1.30 bits per heavy atom. The monoisotopic (exact) mass is 307 g/mol. The van der Waals surface area contributed by atoms with Crippen LogP contribution in [0.25, 0.3) is 0 Å². The Morgan fingerprint density at radius 2 is 1.90 bits per heavy atom. The molecular weight excluding hydrogens is 282 g/mol. The molecule has 0 aromatic carbocycles. The lowest BCUT2D eigenvalue weighted by molar-refractivity contribution is -0.146. The average Bonchev–Trinajstić information content (AvgIpc) is 2.38. The second-order valence-corrected chi connectivity index (χ2v) is 5.18. The minimum absolute atomic E-state index is 0. The van der Waals surface area contributed by atoms with E-state index in [-0.39, 0.29) is 30.3 Å². The van der Waals surface area contributed by atoms with Crippen molar-refractivity contribution in [3.63, 3.8) is 0 Å². The van der Waals surface area contributed by atoms with Crippen molar-refractivity contribution in [1.82, 2.24) is 16.0 Å². The van der Waals surface area contributed by atoms with E-state index < -0.39 is 5.60 Å². The molecule has 7 heteroatoms. The third-order valence-corrected chi connectivity index (χ3v) is 3.30. The molecule has 6 nitrogen and oxygen atoms in total. The van der Waals surface area contributed by atoms with Crippen molar-refractivity contribution < 1.29 is 14.3 Å². The van der Waals surface area contributed by atoms with Crippen molar-refractivity contribution in [2.45, 2.75) is 44.8 Å². The fraction of sp³-hybridized carbons (Fsp3) is 0.846. The number of methoxy groups -OCH3 is 1. The van der Waals surface area contributed by atoms with Gasteiger partial charge in [-0.05, 0) is 39.8 Å². The van der Waals surface area contributed by atoms with E-state index in [2.05, 4.69) is 16.0 Å². The van der Waals surface area contributed by atoms with Crippen molar-refractivity contribution in [2.75, 3.05) is 26.7 Å².